The monoisotopic (exact) mass is 165 g/mol. The lowest BCUT2D eigenvalue weighted by molar-refractivity contribution is 0.318. The van der Waals surface area contributed by atoms with Crippen LogP contribution in [0.25, 0.3) is 0 Å². The minimum Gasteiger partial charge on any atom is -0.411 e. The van der Waals surface area contributed by atoms with E-state index in [4.69, 9.17) is 10.9 Å². The summed E-state index contributed by atoms with van der Waals surface area (Å²) in [7, 11) is 0. The molecule has 3 N–H and O–H groups in total. The lowest BCUT2D eigenvalue weighted by atomic mass is 10.1. The Kier molecular flexibility index (Phi) is 2.63. The van der Waals surface area contributed by atoms with Crippen LogP contribution in [0.1, 0.15) is 18.9 Å². The first-order valence-electron chi connectivity index (χ1n) is 3.71. The minimum atomic E-state index is 0.396. The summed E-state index contributed by atoms with van der Waals surface area (Å²) < 4.78 is 0. The van der Waals surface area contributed by atoms with Crippen LogP contribution in [0.2, 0.25) is 0 Å². The van der Waals surface area contributed by atoms with Crippen LogP contribution in [-0.2, 0) is 0 Å². The van der Waals surface area contributed by atoms with Gasteiger partial charge in [-0.15, -0.1) is 0 Å². The molecule has 0 aliphatic rings. The van der Waals surface area contributed by atoms with Crippen LogP contribution in [-0.4, -0.2) is 15.9 Å². The summed E-state index contributed by atoms with van der Waals surface area (Å²) >= 11 is 0. The van der Waals surface area contributed by atoms with Gasteiger partial charge in [-0.05, 0) is 18.6 Å². The summed E-state index contributed by atoms with van der Waals surface area (Å²) in [6.45, 7) is 1.89. The molecule has 0 aliphatic carbocycles. The number of nitrogen functional groups attached to an aromatic ring is 1. The van der Waals surface area contributed by atoms with Crippen LogP contribution < -0.4 is 5.73 Å². The Morgan fingerprint density at radius 2 is 2.50 bits per heavy atom. The Bertz CT molecular complexity index is 296. The van der Waals surface area contributed by atoms with Gasteiger partial charge in [0, 0.05) is 11.8 Å². The van der Waals surface area contributed by atoms with Crippen molar-refractivity contribution in [1.82, 2.24) is 4.98 Å². The summed E-state index contributed by atoms with van der Waals surface area (Å²) in [6, 6.07) is 3.54. The molecule has 0 saturated heterocycles. The van der Waals surface area contributed by atoms with Gasteiger partial charge in [0.1, 0.15) is 5.82 Å². The van der Waals surface area contributed by atoms with Gasteiger partial charge in [0.2, 0.25) is 0 Å². The van der Waals surface area contributed by atoms with Crippen molar-refractivity contribution in [2.75, 3.05) is 5.73 Å². The van der Waals surface area contributed by atoms with E-state index in [0.29, 0.717) is 23.5 Å². The molecule has 0 radical (unpaired) electrons. The molecule has 0 spiro atoms. The highest BCUT2D eigenvalue weighted by atomic mass is 16.4. The van der Waals surface area contributed by atoms with Crippen molar-refractivity contribution in [2.24, 2.45) is 5.16 Å². The summed E-state index contributed by atoms with van der Waals surface area (Å²) in [4.78, 5) is 3.88. The van der Waals surface area contributed by atoms with E-state index < -0.39 is 0 Å². The fourth-order valence-corrected chi connectivity index (χ4v) is 0.977. The molecular formula is C8H11N3O. The van der Waals surface area contributed by atoms with Gasteiger partial charge in [0.25, 0.3) is 0 Å². The number of nitrogens with zero attached hydrogens (tertiary/aromatic N) is 2. The van der Waals surface area contributed by atoms with Gasteiger partial charge < -0.3 is 10.9 Å². The van der Waals surface area contributed by atoms with Crippen molar-refractivity contribution in [3.63, 3.8) is 0 Å². The first-order chi connectivity index (χ1) is 5.79. The van der Waals surface area contributed by atoms with Gasteiger partial charge >= 0.3 is 0 Å². The van der Waals surface area contributed by atoms with E-state index >= 15 is 0 Å². The molecule has 0 amide bonds. The van der Waals surface area contributed by atoms with Crippen molar-refractivity contribution >= 4 is 11.5 Å². The van der Waals surface area contributed by atoms with Gasteiger partial charge in [-0.25, -0.2) is 4.98 Å². The van der Waals surface area contributed by atoms with E-state index in [0.717, 1.165) is 0 Å². The molecule has 0 bridgehead atoms. The predicted octanol–water partition coefficient (Wildman–Crippen LogP) is 1.25. The van der Waals surface area contributed by atoms with Crippen LogP contribution in [0, 0.1) is 0 Å². The molecule has 0 saturated carbocycles. The molecule has 0 fully saturated rings. The maximum Gasteiger partial charge on any atom is 0.132 e. The summed E-state index contributed by atoms with van der Waals surface area (Å²) in [5, 5.41) is 11.7. The molecule has 1 aromatic rings. The second kappa shape index (κ2) is 3.71. The molecule has 0 aliphatic heterocycles. The molecule has 0 aromatic carbocycles. The summed E-state index contributed by atoms with van der Waals surface area (Å²) in [6.07, 6.45) is 2.23. The topological polar surface area (TPSA) is 71.5 Å². The third kappa shape index (κ3) is 1.53. The second-order valence-corrected chi connectivity index (χ2v) is 2.34. The van der Waals surface area contributed by atoms with Gasteiger partial charge in [0.15, 0.2) is 0 Å². The zero-order valence-electron chi connectivity index (χ0n) is 6.86. The zero-order valence-corrected chi connectivity index (χ0v) is 6.86. The van der Waals surface area contributed by atoms with E-state index in [9.17, 15) is 0 Å². The molecule has 12 heavy (non-hydrogen) atoms. The Morgan fingerprint density at radius 1 is 1.75 bits per heavy atom. The Labute approximate surface area is 70.7 Å². The molecule has 4 heteroatoms. The maximum absolute atomic E-state index is 8.61. The molecule has 64 valence electrons. The van der Waals surface area contributed by atoms with Crippen molar-refractivity contribution in [3.8, 4) is 0 Å². The lowest BCUT2D eigenvalue weighted by Gasteiger charge is -2.02. The number of rotatable bonds is 2. The number of pyridine rings is 1. The fraction of sp³-hybridized carbons (Fsp3) is 0.250. The average Bonchev–Trinajstić information content (AvgIpc) is 2.10. The first kappa shape index (κ1) is 8.52. The van der Waals surface area contributed by atoms with E-state index in [1.165, 1.54) is 0 Å². The number of aromatic nitrogens is 1. The van der Waals surface area contributed by atoms with Crippen LogP contribution in [0.5, 0.6) is 0 Å². The van der Waals surface area contributed by atoms with E-state index in [1.54, 1.807) is 18.3 Å². The number of hydrogen-bond acceptors (Lipinski definition) is 4. The fourth-order valence-electron chi connectivity index (χ4n) is 0.977. The van der Waals surface area contributed by atoms with E-state index in [1.807, 2.05) is 6.92 Å². The van der Waals surface area contributed by atoms with Crippen molar-refractivity contribution in [2.45, 2.75) is 13.3 Å². The molecule has 1 aromatic heterocycles. The highest BCUT2D eigenvalue weighted by molar-refractivity contribution is 6.03. The third-order valence-electron chi connectivity index (χ3n) is 1.61. The number of hydrogen-bond donors (Lipinski definition) is 2. The Hall–Kier alpha value is -1.58. The zero-order chi connectivity index (χ0) is 8.97. The Morgan fingerprint density at radius 3 is 3.00 bits per heavy atom. The normalized spacial score (nSPS) is 11.6. The largest absolute Gasteiger partial charge is 0.411 e. The van der Waals surface area contributed by atoms with Crippen LogP contribution >= 0.6 is 0 Å². The second-order valence-electron chi connectivity index (χ2n) is 2.34. The van der Waals surface area contributed by atoms with Gasteiger partial charge in [-0.3, -0.25) is 0 Å². The number of oxime groups is 1. The SMILES string of the molecule is CCC(=NO)c1cccnc1N. The van der Waals surface area contributed by atoms with Crippen molar-refractivity contribution < 1.29 is 5.21 Å². The molecule has 0 atom stereocenters. The molecule has 1 heterocycles. The average molecular weight is 165 g/mol. The smallest absolute Gasteiger partial charge is 0.132 e. The van der Waals surface area contributed by atoms with Gasteiger partial charge in [0.05, 0.1) is 5.71 Å². The Balaban J connectivity index is 3.10. The van der Waals surface area contributed by atoms with Crippen LogP contribution in [0.3, 0.4) is 0 Å². The van der Waals surface area contributed by atoms with Gasteiger partial charge in [-0.2, -0.15) is 0 Å². The molecule has 4 nitrogen and oxygen atoms in total. The quantitative estimate of drug-likeness (QED) is 0.393. The highest BCUT2D eigenvalue weighted by Crippen LogP contribution is 2.10. The lowest BCUT2D eigenvalue weighted by Crippen LogP contribution is -2.05. The summed E-state index contributed by atoms with van der Waals surface area (Å²) in [5.41, 5.74) is 6.82. The first-order valence-corrected chi connectivity index (χ1v) is 3.71. The highest BCUT2D eigenvalue weighted by Gasteiger charge is 2.05. The van der Waals surface area contributed by atoms with Crippen LogP contribution in [0.4, 0.5) is 5.82 Å². The van der Waals surface area contributed by atoms with E-state index in [-0.39, 0.29) is 0 Å². The molecule has 0 unspecified atom stereocenters. The van der Waals surface area contributed by atoms with Gasteiger partial charge in [-0.1, -0.05) is 12.1 Å². The molecular weight excluding hydrogens is 154 g/mol. The van der Waals surface area contributed by atoms with Crippen molar-refractivity contribution in [1.29, 1.82) is 0 Å². The standard InChI is InChI=1S/C8H11N3O/c1-2-7(11-12)6-4-3-5-10-8(6)9/h3-5,12H,2H2,1H3,(H2,9,10). The van der Waals surface area contributed by atoms with Crippen molar-refractivity contribution in [3.05, 3.63) is 23.9 Å². The predicted molar refractivity (Wildman–Crippen MR) is 47.3 cm³/mol. The molecule has 1 rings (SSSR count). The number of nitrogens with two attached hydrogens (primary N) is 1. The van der Waals surface area contributed by atoms with E-state index in [2.05, 4.69) is 10.1 Å². The van der Waals surface area contributed by atoms with Crippen LogP contribution in [0.15, 0.2) is 23.5 Å². The third-order valence-corrected chi connectivity index (χ3v) is 1.61. The number of anilines is 1. The maximum atomic E-state index is 8.61. The summed E-state index contributed by atoms with van der Waals surface area (Å²) in [5.74, 6) is 0.396. The minimum absolute atomic E-state index is 0.396.